The molecule has 37 heavy (non-hydrogen) atoms. The van der Waals surface area contributed by atoms with Crippen molar-refractivity contribution in [2.75, 3.05) is 7.05 Å². The lowest BCUT2D eigenvalue weighted by Gasteiger charge is -2.37. The van der Waals surface area contributed by atoms with Gasteiger partial charge >= 0.3 is 0 Å². The van der Waals surface area contributed by atoms with Crippen LogP contribution in [0.1, 0.15) is 40.3 Å². The van der Waals surface area contributed by atoms with Gasteiger partial charge in [-0.15, -0.1) is 0 Å². The number of ether oxygens (including phenoxy) is 1. The average molecular weight is 505 g/mol. The Labute approximate surface area is 207 Å². The third-order valence-corrected chi connectivity index (χ3v) is 7.64. The van der Waals surface area contributed by atoms with Crippen LogP contribution in [0.4, 0.5) is 8.78 Å². The summed E-state index contributed by atoms with van der Waals surface area (Å²) in [6, 6.07) is 8.15. The number of nitrogens with one attached hydrogen (secondary N) is 1. The maximum absolute atomic E-state index is 14.6. The fourth-order valence-corrected chi connectivity index (χ4v) is 6.01. The number of halogens is 2. The van der Waals surface area contributed by atoms with Crippen molar-refractivity contribution >= 4 is 55.4 Å². The van der Waals surface area contributed by atoms with Gasteiger partial charge < -0.3 is 24.5 Å². The van der Waals surface area contributed by atoms with Crippen molar-refractivity contribution in [3.8, 4) is 0 Å². The second-order valence-electron chi connectivity index (χ2n) is 9.87. The second kappa shape index (κ2) is 7.34. The molecule has 4 heterocycles. The Morgan fingerprint density at radius 1 is 0.973 bits per heavy atom. The van der Waals surface area contributed by atoms with Gasteiger partial charge in [0, 0.05) is 40.5 Å². The summed E-state index contributed by atoms with van der Waals surface area (Å²) in [6.07, 6.45) is -3.69. The number of benzene rings is 3. The molecule has 8 nitrogen and oxygen atoms in total. The van der Waals surface area contributed by atoms with Crippen molar-refractivity contribution < 1.29 is 33.3 Å². The molecular formula is C27H21F2N3O5. The fourth-order valence-electron chi connectivity index (χ4n) is 6.01. The molecule has 2 aliphatic heterocycles. The normalized spacial score (nSPS) is 24.3. The molecule has 7 rings (SSSR count). The highest BCUT2D eigenvalue weighted by atomic mass is 19.1. The molecule has 2 aliphatic rings. The molecule has 10 heteroatoms. The Kier molecular flexibility index (Phi) is 4.44. The van der Waals surface area contributed by atoms with Crippen LogP contribution in [0.25, 0.3) is 43.6 Å². The number of nitrogens with zero attached hydrogens (tertiary/aromatic N) is 2. The monoisotopic (exact) mass is 505 g/mol. The van der Waals surface area contributed by atoms with E-state index in [0.717, 1.165) is 4.90 Å². The molecule has 1 saturated heterocycles. The van der Waals surface area contributed by atoms with Crippen LogP contribution in [0.2, 0.25) is 0 Å². The Hall–Kier alpha value is -3.86. The molecular weight excluding hydrogens is 484 g/mol. The van der Waals surface area contributed by atoms with Gasteiger partial charge in [0.25, 0.3) is 11.8 Å². The number of aliphatic hydroxyl groups excluding tert-OH is 2. The molecule has 3 N–H and O–H groups in total. The van der Waals surface area contributed by atoms with E-state index in [1.807, 2.05) is 0 Å². The molecule has 0 spiro atoms. The van der Waals surface area contributed by atoms with E-state index in [0.29, 0.717) is 43.6 Å². The van der Waals surface area contributed by atoms with Gasteiger partial charge in [0.1, 0.15) is 17.7 Å². The Morgan fingerprint density at radius 2 is 1.62 bits per heavy atom. The summed E-state index contributed by atoms with van der Waals surface area (Å²) in [5.74, 6) is -2.19. The van der Waals surface area contributed by atoms with E-state index >= 15 is 0 Å². The summed E-state index contributed by atoms with van der Waals surface area (Å²) in [4.78, 5) is 31.1. The number of carbonyl (C=O) groups excluding carboxylic acids is 2. The van der Waals surface area contributed by atoms with E-state index in [1.54, 1.807) is 11.5 Å². The number of H-pyrrole nitrogens is 1. The summed E-state index contributed by atoms with van der Waals surface area (Å²) in [5.41, 5.74) is 1.94. The van der Waals surface area contributed by atoms with Crippen molar-refractivity contribution in [2.45, 2.75) is 37.9 Å². The minimum absolute atomic E-state index is 0.0772. The van der Waals surface area contributed by atoms with E-state index in [-0.39, 0.29) is 17.5 Å². The van der Waals surface area contributed by atoms with Gasteiger partial charge in [-0.25, -0.2) is 8.78 Å². The molecule has 2 amide bonds. The largest absolute Gasteiger partial charge is 0.390 e. The molecule has 0 aliphatic carbocycles. The van der Waals surface area contributed by atoms with Crippen LogP contribution in [-0.2, 0) is 4.74 Å². The zero-order valence-electron chi connectivity index (χ0n) is 19.8. The summed E-state index contributed by atoms with van der Waals surface area (Å²) in [5, 5.41) is 23.0. The van der Waals surface area contributed by atoms with Crippen LogP contribution in [0.15, 0.2) is 36.4 Å². The molecule has 0 radical (unpaired) electrons. The number of hydrogen-bond donors (Lipinski definition) is 3. The average Bonchev–Trinajstić information content (AvgIpc) is 3.46. The lowest BCUT2D eigenvalue weighted by atomic mass is 9.96. The Balaban J connectivity index is 1.77. The summed E-state index contributed by atoms with van der Waals surface area (Å²) in [6.45, 7) is 1.77. The van der Waals surface area contributed by atoms with Gasteiger partial charge in [-0.3, -0.25) is 14.5 Å². The van der Waals surface area contributed by atoms with Crippen molar-refractivity contribution in [3.63, 3.8) is 0 Å². The van der Waals surface area contributed by atoms with Gasteiger partial charge in [-0.2, -0.15) is 0 Å². The Morgan fingerprint density at radius 3 is 2.35 bits per heavy atom. The molecule has 1 fully saturated rings. The first-order valence-electron chi connectivity index (χ1n) is 11.9. The van der Waals surface area contributed by atoms with Gasteiger partial charge in [0.15, 0.2) is 6.23 Å². The van der Waals surface area contributed by atoms with Gasteiger partial charge in [-0.1, -0.05) is 0 Å². The SMILES string of the molecule is CC1CC(O)C(O)C(n2c3ccc(F)cc3c3c4c(c5c6cc(F)ccc6[nH]c5c32)C(=O)N(C)C4=O)O1. The number of imide groups is 1. The predicted molar refractivity (Wildman–Crippen MR) is 131 cm³/mol. The van der Waals surface area contributed by atoms with Crippen LogP contribution in [0.5, 0.6) is 0 Å². The molecule has 4 unspecified atom stereocenters. The first-order chi connectivity index (χ1) is 17.7. The number of carbonyl (C=O) groups is 2. The number of rotatable bonds is 1. The highest BCUT2D eigenvalue weighted by Gasteiger charge is 2.42. The van der Waals surface area contributed by atoms with Gasteiger partial charge in [-0.05, 0) is 43.3 Å². The fraction of sp³-hybridized carbons (Fsp3) is 0.259. The van der Waals surface area contributed by atoms with E-state index in [2.05, 4.69) is 4.98 Å². The van der Waals surface area contributed by atoms with Gasteiger partial charge in [0.2, 0.25) is 0 Å². The van der Waals surface area contributed by atoms with E-state index in [1.165, 1.54) is 43.4 Å². The maximum Gasteiger partial charge on any atom is 0.262 e. The van der Waals surface area contributed by atoms with E-state index in [4.69, 9.17) is 4.74 Å². The number of hydrogen-bond acceptors (Lipinski definition) is 5. The standard InChI is InChI=1S/C27H21F2N3O5/c1-10-7-17(33)24(34)27(37-10)32-16-6-4-12(29)9-14(16)19-21-20(25(35)31(2)26(21)36)18-13-8-11(28)3-5-15(13)30-22(18)23(19)32/h3-6,8-10,17,24,27,30,33-34H,7H2,1-2H3. The van der Waals surface area contributed by atoms with Gasteiger partial charge in [0.05, 0.1) is 39.9 Å². The van der Waals surface area contributed by atoms with Crippen LogP contribution in [0, 0.1) is 11.6 Å². The predicted octanol–water partition coefficient (Wildman–Crippen LogP) is 3.96. The molecule has 0 saturated carbocycles. The molecule has 2 aromatic heterocycles. The lowest BCUT2D eigenvalue weighted by molar-refractivity contribution is -0.190. The second-order valence-corrected chi connectivity index (χ2v) is 9.87. The highest BCUT2D eigenvalue weighted by Crippen LogP contribution is 2.47. The van der Waals surface area contributed by atoms with Crippen LogP contribution >= 0.6 is 0 Å². The molecule has 4 atom stereocenters. The third kappa shape index (κ3) is 2.80. The van der Waals surface area contributed by atoms with E-state index < -0.39 is 48.0 Å². The number of amides is 2. The van der Waals surface area contributed by atoms with Crippen LogP contribution in [-0.4, -0.2) is 61.8 Å². The zero-order valence-corrected chi connectivity index (χ0v) is 19.8. The number of fused-ring (bicyclic) bond motifs is 10. The quantitative estimate of drug-likeness (QED) is 0.299. The Bertz CT molecular complexity index is 1840. The summed E-state index contributed by atoms with van der Waals surface area (Å²) >= 11 is 0. The number of aromatic amines is 1. The smallest absolute Gasteiger partial charge is 0.262 e. The first kappa shape index (κ1) is 22.3. The van der Waals surface area contributed by atoms with Crippen molar-refractivity contribution in [2.24, 2.45) is 0 Å². The maximum atomic E-state index is 14.6. The minimum Gasteiger partial charge on any atom is -0.390 e. The molecule has 3 aromatic carbocycles. The van der Waals surface area contributed by atoms with Crippen LogP contribution in [0.3, 0.4) is 0 Å². The number of aliphatic hydroxyl groups is 2. The van der Waals surface area contributed by atoms with Crippen molar-refractivity contribution in [1.29, 1.82) is 0 Å². The summed E-state index contributed by atoms with van der Waals surface area (Å²) < 4.78 is 36.7. The first-order valence-corrected chi connectivity index (χ1v) is 11.9. The van der Waals surface area contributed by atoms with Crippen LogP contribution < -0.4 is 0 Å². The minimum atomic E-state index is -1.33. The third-order valence-electron chi connectivity index (χ3n) is 7.64. The van der Waals surface area contributed by atoms with Crippen molar-refractivity contribution in [1.82, 2.24) is 14.5 Å². The lowest BCUT2D eigenvalue weighted by Crippen LogP contribution is -2.44. The summed E-state index contributed by atoms with van der Waals surface area (Å²) in [7, 11) is 1.36. The highest BCUT2D eigenvalue weighted by molar-refractivity contribution is 6.39. The van der Waals surface area contributed by atoms with E-state index in [9.17, 15) is 28.6 Å². The van der Waals surface area contributed by atoms with Crippen molar-refractivity contribution in [3.05, 3.63) is 59.2 Å². The molecule has 188 valence electrons. The molecule has 5 aromatic rings. The molecule has 0 bridgehead atoms. The topological polar surface area (TPSA) is 108 Å². The number of aromatic nitrogens is 2. The zero-order chi connectivity index (χ0) is 25.9.